The van der Waals surface area contributed by atoms with Crippen LogP contribution in [-0.2, 0) is 0 Å². The second kappa shape index (κ2) is 10.3. The second-order valence-corrected chi connectivity index (χ2v) is 8.51. The molecule has 8 heteroatoms. The summed E-state index contributed by atoms with van der Waals surface area (Å²) in [6.45, 7) is 5.17. The molecule has 0 N–H and O–H groups in total. The number of aryl methyl sites for hydroxylation is 3. The fourth-order valence-corrected chi connectivity index (χ4v) is 4.03. The lowest BCUT2D eigenvalue weighted by molar-refractivity contribution is 0.111. The molecule has 180 valence electrons. The molecule has 3 aromatic heterocycles. The monoisotopic (exact) mass is 503 g/mol. The molecule has 0 saturated heterocycles. The van der Waals surface area contributed by atoms with Crippen LogP contribution >= 0.6 is 11.6 Å². The van der Waals surface area contributed by atoms with Crippen molar-refractivity contribution in [3.63, 3.8) is 0 Å². The summed E-state index contributed by atoms with van der Waals surface area (Å²) in [5, 5.41) is 1.56. The zero-order chi connectivity index (χ0) is 26.0. The van der Waals surface area contributed by atoms with Crippen molar-refractivity contribution in [3.05, 3.63) is 99.5 Å². The van der Waals surface area contributed by atoms with E-state index in [0.29, 0.717) is 50.7 Å². The van der Waals surface area contributed by atoms with Gasteiger partial charge in [-0.2, -0.15) is 0 Å². The van der Waals surface area contributed by atoms with Crippen LogP contribution in [0.2, 0.25) is 5.15 Å². The van der Waals surface area contributed by atoms with Crippen LogP contribution in [0.15, 0.2) is 54.7 Å². The number of benzene rings is 2. The maximum Gasteiger partial charge on any atom is 0.153 e. The number of aromatic nitrogens is 3. The van der Waals surface area contributed by atoms with Gasteiger partial charge in [-0.1, -0.05) is 11.6 Å². The van der Waals surface area contributed by atoms with Crippen LogP contribution in [0.4, 0.5) is 8.78 Å². The summed E-state index contributed by atoms with van der Waals surface area (Å²) < 4.78 is 26.9. The number of halogens is 3. The van der Waals surface area contributed by atoms with Crippen LogP contribution < -0.4 is 0 Å². The number of carbonyl (C=O) groups is 2. The Bertz CT molecular complexity index is 1650. The van der Waals surface area contributed by atoms with Gasteiger partial charge in [0.05, 0.1) is 22.3 Å². The Balaban J connectivity index is 0.000000179. The van der Waals surface area contributed by atoms with Crippen molar-refractivity contribution in [1.82, 2.24) is 15.0 Å². The average Bonchev–Trinajstić information content (AvgIpc) is 2.88. The van der Waals surface area contributed by atoms with Crippen LogP contribution in [0.1, 0.15) is 37.5 Å². The highest BCUT2D eigenvalue weighted by Gasteiger charge is 2.14. The third-order valence-corrected chi connectivity index (χ3v) is 6.18. The molecule has 0 amide bonds. The lowest BCUT2D eigenvalue weighted by Crippen LogP contribution is -1.98. The molecule has 0 fully saturated rings. The van der Waals surface area contributed by atoms with Crippen molar-refractivity contribution >= 4 is 46.0 Å². The van der Waals surface area contributed by atoms with Gasteiger partial charge in [-0.3, -0.25) is 14.6 Å². The van der Waals surface area contributed by atoms with Crippen molar-refractivity contribution in [2.45, 2.75) is 20.8 Å². The van der Waals surface area contributed by atoms with E-state index in [-0.39, 0.29) is 16.8 Å². The number of aldehydes is 2. The Morgan fingerprint density at radius 2 is 1.33 bits per heavy atom. The predicted octanol–water partition coefficient (Wildman–Crippen LogP) is 7.01. The number of fused-ring (bicyclic) bond motifs is 2. The third kappa shape index (κ3) is 4.70. The summed E-state index contributed by atoms with van der Waals surface area (Å²) in [5.41, 5.74) is 4.87. The van der Waals surface area contributed by atoms with Gasteiger partial charge in [-0.05, 0) is 69.3 Å². The molecule has 0 radical (unpaired) electrons. The van der Waals surface area contributed by atoms with Gasteiger partial charge in [0.15, 0.2) is 12.6 Å². The van der Waals surface area contributed by atoms with Crippen LogP contribution in [0.25, 0.3) is 33.1 Å². The van der Waals surface area contributed by atoms with Crippen molar-refractivity contribution in [1.29, 1.82) is 0 Å². The summed E-state index contributed by atoms with van der Waals surface area (Å²) in [4.78, 5) is 34.7. The largest absolute Gasteiger partial charge is 0.298 e. The third-order valence-electron chi connectivity index (χ3n) is 5.88. The van der Waals surface area contributed by atoms with Gasteiger partial charge in [0.2, 0.25) is 0 Å². The van der Waals surface area contributed by atoms with E-state index in [1.807, 2.05) is 13.0 Å². The molecule has 0 aliphatic heterocycles. The lowest BCUT2D eigenvalue weighted by Gasteiger charge is -2.10. The fraction of sp³-hybridized carbons (Fsp3) is 0.107. The van der Waals surface area contributed by atoms with Crippen molar-refractivity contribution in [3.8, 4) is 11.3 Å². The Kier molecular flexibility index (Phi) is 7.12. The van der Waals surface area contributed by atoms with E-state index in [9.17, 15) is 18.4 Å². The molecule has 0 atom stereocenters. The first-order chi connectivity index (χ1) is 17.2. The topological polar surface area (TPSA) is 72.8 Å². The molecular weight excluding hydrogens is 484 g/mol. The Hall–Kier alpha value is -4.10. The highest BCUT2D eigenvalue weighted by Crippen LogP contribution is 2.28. The number of hydrogen-bond acceptors (Lipinski definition) is 5. The quantitative estimate of drug-likeness (QED) is 0.195. The predicted molar refractivity (Wildman–Crippen MR) is 137 cm³/mol. The van der Waals surface area contributed by atoms with Crippen LogP contribution in [-0.4, -0.2) is 27.5 Å². The zero-order valence-corrected chi connectivity index (χ0v) is 20.4. The first kappa shape index (κ1) is 25.0. The smallest absolute Gasteiger partial charge is 0.153 e. The average molecular weight is 504 g/mol. The molecule has 5 rings (SSSR count). The van der Waals surface area contributed by atoms with Gasteiger partial charge in [-0.25, -0.2) is 18.7 Å². The van der Waals surface area contributed by atoms with Gasteiger partial charge < -0.3 is 0 Å². The van der Waals surface area contributed by atoms with E-state index in [4.69, 9.17) is 11.6 Å². The number of hydrogen-bond donors (Lipinski definition) is 0. The Labute approximate surface area is 210 Å². The molecule has 0 bridgehead atoms. The van der Waals surface area contributed by atoms with Crippen LogP contribution in [0.5, 0.6) is 0 Å². The first-order valence-corrected chi connectivity index (χ1v) is 11.3. The molecule has 2 aromatic carbocycles. The van der Waals surface area contributed by atoms with E-state index in [1.165, 1.54) is 12.1 Å². The minimum absolute atomic E-state index is 0.103. The van der Waals surface area contributed by atoms with Crippen molar-refractivity contribution in [2.75, 3.05) is 0 Å². The van der Waals surface area contributed by atoms with Gasteiger partial charge in [0.1, 0.15) is 16.8 Å². The maximum absolute atomic E-state index is 13.7. The van der Waals surface area contributed by atoms with E-state index in [0.717, 1.165) is 22.9 Å². The fourth-order valence-electron chi connectivity index (χ4n) is 3.85. The minimum Gasteiger partial charge on any atom is -0.298 e. The molecule has 0 aliphatic rings. The van der Waals surface area contributed by atoms with Gasteiger partial charge in [0.25, 0.3) is 0 Å². The molecule has 3 heterocycles. The standard InChI is InChI=1S/C17H13FN2O.C11H7ClFNO/c1-10-15(18)6-5-12-8-13(9-21)17(20-16(10)12)14-4-3-7-19-11(14)2;1-6-9(13)3-2-7-4-8(5-15)11(12)14-10(6)7/h3-9H,1-2H3;2-5H,1H3. The van der Waals surface area contributed by atoms with Gasteiger partial charge in [0, 0.05) is 44.9 Å². The molecular formula is C28H20ClF2N3O2. The summed E-state index contributed by atoms with van der Waals surface area (Å²) in [5.74, 6) is -0.632. The lowest BCUT2D eigenvalue weighted by atomic mass is 10.0. The Morgan fingerprint density at radius 1 is 0.778 bits per heavy atom. The normalized spacial score (nSPS) is 10.7. The molecule has 5 aromatic rings. The molecule has 0 aliphatic carbocycles. The molecule has 0 unspecified atom stereocenters. The van der Waals surface area contributed by atoms with Gasteiger partial charge >= 0.3 is 0 Å². The minimum atomic E-state index is -0.329. The number of pyridine rings is 3. The number of rotatable bonds is 3. The highest BCUT2D eigenvalue weighted by atomic mass is 35.5. The Morgan fingerprint density at radius 3 is 1.89 bits per heavy atom. The van der Waals surface area contributed by atoms with E-state index in [1.54, 1.807) is 50.4 Å². The summed E-state index contributed by atoms with van der Waals surface area (Å²) >= 11 is 5.76. The molecule has 0 saturated carbocycles. The number of nitrogens with zero attached hydrogens (tertiary/aromatic N) is 3. The van der Waals surface area contributed by atoms with Crippen LogP contribution in [0.3, 0.4) is 0 Å². The maximum atomic E-state index is 13.7. The first-order valence-electron chi connectivity index (χ1n) is 10.9. The van der Waals surface area contributed by atoms with E-state index in [2.05, 4.69) is 15.0 Å². The van der Waals surface area contributed by atoms with Crippen molar-refractivity contribution < 1.29 is 18.4 Å². The SMILES string of the molecule is Cc1c(F)ccc2cc(C=O)c(Cl)nc12.Cc1ncccc1-c1nc2c(C)c(F)ccc2cc1C=O. The van der Waals surface area contributed by atoms with E-state index >= 15 is 0 Å². The summed E-state index contributed by atoms with van der Waals surface area (Å²) in [7, 11) is 0. The zero-order valence-electron chi connectivity index (χ0n) is 19.6. The summed E-state index contributed by atoms with van der Waals surface area (Å²) in [6, 6.07) is 12.9. The van der Waals surface area contributed by atoms with E-state index < -0.39 is 0 Å². The summed E-state index contributed by atoms with van der Waals surface area (Å²) in [6.07, 6.45) is 3.09. The molecule has 0 spiro atoms. The highest BCUT2D eigenvalue weighted by molar-refractivity contribution is 6.32. The van der Waals surface area contributed by atoms with Crippen molar-refractivity contribution in [2.24, 2.45) is 0 Å². The van der Waals surface area contributed by atoms with Gasteiger partial charge in [-0.15, -0.1) is 0 Å². The second-order valence-electron chi connectivity index (χ2n) is 8.15. The number of carbonyl (C=O) groups excluding carboxylic acids is 2. The van der Waals surface area contributed by atoms with Crippen LogP contribution in [0, 0.1) is 32.4 Å². The molecule has 5 nitrogen and oxygen atoms in total. The molecule has 36 heavy (non-hydrogen) atoms.